The quantitative estimate of drug-likeness (QED) is 0.628. The van der Waals surface area contributed by atoms with Crippen LogP contribution in [0.5, 0.6) is 5.75 Å². The van der Waals surface area contributed by atoms with E-state index in [9.17, 15) is 13.2 Å². The van der Waals surface area contributed by atoms with Crippen LogP contribution in [0.2, 0.25) is 0 Å². The number of sulfonamides is 1. The molecule has 0 unspecified atom stereocenters. The van der Waals surface area contributed by atoms with Gasteiger partial charge in [0.1, 0.15) is 5.75 Å². The highest BCUT2D eigenvalue weighted by Crippen LogP contribution is 2.16. The summed E-state index contributed by atoms with van der Waals surface area (Å²) in [6, 6.07) is 13.4. The second-order valence-corrected chi connectivity index (χ2v) is 7.26. The van der Waals surface area contributed by atoms with Crippen molar-refractivity contribution in [2.75, 3.05) is 24.7 Å². The minimum atomic E-state index is -3.34. The molecule has 0 aromatic heterocycles. The zero-order valence-corrected chi connectivity index (χ0v) is 14.9. The number of nitrogens with zero attached hydrogens (tertiary/aromatic N) is 2. The Morgan fingerprint density at radius 3 is 2.24 bits per heavy atom. The number of rotatable bonds is 6. The molecule has 132 valence electrons. The van der Waals surface area contributed by atoms with Crippen molar-refractivity contribution in [3.05, 3.63) is 59.7 Å². The maximum Gasteiger partial charge on any atom is 0.271 e. The van der Waals surface area contributed by atoms with E-state index in [0.717, 1.165) is 21.9 Å². The molecule has 0 heterocycles. The molecule has 1 amide bonds. The third-order valence-electron chi connectivity index (χ3n) is 3.49. The van der Waals surface area contributed by atoms with Crippen LogP contribution in [0.1, 0.15) is 15.9 Å². The molecule has 2 aromatic carbocycles. The molecule has 8 heteroatoms. The molecule has 7 nitrogen and oxygen atoms in total. The van der Waals surface area contributed by atoms with Crippen LogP contribution in [-0.2, 0) is 10.0 Å². The molecule has 0 fully saturated rings. The van der Waals surface area contributed by atoms with Crippen molar-refractivity contribution in [3.8, 4) is 5.75 Å². The van der Waals surface area contributed by atoms with Crippen molar-refractivity contribution >= 4 is 27.8 Å². The standard InChI is InChI=1S/C17H19N3O4S/c1-20(25(3,22)23)15-8-6-14(7-9-15)17(21)19-18-12-13-4-10-16(24-2)11-5-13/h4-12H,1-3H3,(H,19,21)/b18-12-. The molecule has 2 aromatic rings. The SMILES string of the molecule is COc1ccc(/C=N\NC(=O)c2ccc(N(C)S(C)(=O)=O)cc2)cc1. The van der Waals surface area contributed by atoms with E-state index in [1.165, 1.54) is 25.4 Å². The van der Waals surface area contributed by atoms with Gasteiger partial charge in [-0.3, -0.25) is 9.10 Å². The largest absolute Gasteiger partial charge is 0.497 e. The molecular formula is C17H19N3O4S. The van der Waals surface area contributed by atoms with Gasteiger partial charge in [0, 0.05) is 12.6 Å². The summed E-state index contributed by atoms with van der Waals surface area (Å²) in [6.07, 6.45) is 2.63. The number of nitrogens with one attached hydrogen (secondary N) is 1. The minimum absolute atomic E-state index is 0.373. The summed E-state index contributed by atoms with van der Waals surface area (Å²) in [4.78, 5) is 12.0. The minimum Gasteiger partial charge on any atom is -0.497 e. The van der Waals surface area contributed by atoms with Crippen LogP contribution in [0.15, 0.2) is 53.6 Å². The molecule has 25 heavy (non-hydrogen) atoms. The lowest BCUT2D eigenvalue weighted by Crippen LogP contribution is -2.25. The summed E-state index contributed by atoms with van der Waals surface area (Å²) in [5.41, 5.74) is 4.08. The van der Waals surface area contributed by atoms with Crippen LogP contribution in [0.4, 0.5) is 5.69 Å². The molecule has 0 atom stereocenters. The Balaban J connectivity index is 1.99. The molecule has 0 aliphatic rings. The van der Waals surface area contributed by atoms with Gasteiger partial charge in [-0.1, -0.05) is 0 Å². The van der Waals surface area contributed by atoms with E-state index in [4.69, 9.17) is 4.74 Å². The number of hydrazone groups is 1. The summed E-state index contributed by atoms with van der Waals surface area (Å²) >= 11 is 0. The van der Waals surface area contributed by atoms with E-state index in [1.807, 2.05) is 12.1 Å². The molecule has 0 saturated heterocycles. The Kier molecular flexibility index (Phi) is 5.76. The van der Waals surface area contributed by atoms with Gasteiger partial charge in [0.15, 0.2) is 0 Å². The number of carbonyl (C=O) groups is 1. The second-order valence-electron chi connectivity index (χ2n) is 5.25. The fourth-order valence-electron chi connectivity index (χ4n) is 1.93. The highest BCUT2D eigenvalue weighted by molar-refractivity contribution is 7.92. The first-order valence-corrected chi connectivity index (χ1v) is 9.17. The summed E-state index contributed by atoms with van der Waals surface area (Å²) < 4.78 is 29.2. The lowest BCUT2D eigenvalue weighted by Gasteiger charge is -2.16. The Hall–Kier alpha value is -2.87. The summed E-state index contributed by atoms with van der Waals surface area (Å²) in [5, 5.41) is 3.90. The number of ether oxygens (including phenoxy) is 1. The predicted octanol–water partition coefficient (Wildman–Crippen LogP) is 1.85. The first-order chi connectivity index (χ1) is 11.8. The molecule has 0 aliphatic carbocycles. The van der Waals surface area contributed by atoms with Crippen molar-refractivity contribution in [2.24, 2.45) is 5.10 Å². The number of methoxy groups -OCH3 is 1. The smallest absolute Gasteiger partial charge is 0.271 e. The van der Waals surface area contributed by atoms with Gasteiger partial charge in [-0.2, -0.15) is 5.10 Å². The molecule has 0 radical (unpaired) electrons. The molecular weight excluding hydrogens is 342 g/mol. The summed E-state index contributed by atoms with van der Waals surface area (Å²) in [7, 11) is -0.305. The Morgan fingerprint density at radius 2 is 1.72 bits per heavy atom. The maximum absolute atomic E-state index is 12.0. The van der Waals surface area contributed by atoms with Crippen LogP contribution in [0, 0.1) is 0 Å². The molecule has 0 spiro atoms. The molecule has 0 aliphatic heterocycles. The van der Waals surface area contributed by atoms with Crippen molar-refractivity contribution in [1.29, 1.82) is 0 Å². The van der Waals surface area contributed by atoms with E-state index in [0.29, 0.717) is 11.3 Å². The highest BCUT2D eigenvalue weighted by atomic mass is 32.2. The van der Waals surface area contributed by atoms with Crippen molar-refractivity contribution in [3.63, 3.8) is 0 Å². The topological polar surface area (TPSA) is 88.1 Å². The van der Waals surface area contributed by atoms with E-state index >= 15 is 0 Å². The first-order valence-electron chi connectivity index (χ1n) is 7.32. The van der Waals surface area contributed by atoms with Gasteiger partial charge in [0.25, 0.3) is 5.91 Å². The number of hydrogen-bond acceptors (Lipinski definition) is 5. The number of carbonyl (C=O) groups excluding carboxylic acids is 1. The number of benzene rings is 2. The normalized spacial score (nSPS) is 11.3. The third kappa shape index (κ3) is 5.05. The third-order valence-corrected chi connectivity index (χ3v) is 4.69. The lowest BCUT2D eigenvalue weighted by atomic mass is 10.2. The van der Waals surface area contributed by atoms with Crippen LogP contribution >= 0.6 is 0 Å². The fourth-order valence-corrected chi connectivity index (χ4v) is 2.44. The zero-order chi connectivity index (χ0) is 18.4. The van der Waals surface area contributed by atoms with Gasteiger partial charge in [-0.05, 0) is 54.1 Å². The lowest BCUT2D eigenvalue weighted by molar-refractivity contribution is 0.0955. The van der Waals surface area contributed by atoms with Gasteiger partial charge >= 0.3 is 0 Å². The molecule has 1 N–H and O–H groups in total. The Labute approximate surface area is 147 Å². The van der Waals surface area contributed by atoms with E-state index in [2.05, 4.69) is 10.5 Å². The maximum atomic E-state index is 12.0. The van der Waals surface area contributed by atoms with Gasteiger partial charge in [-0.25, -0.2) is 13.8 Å². The average molecular weight is 361 g/mol. The van der Waals surface area contributed by atoms with Crippen molar-refractivity contribution in [1.82, 2.24) is 5.43 Å². The Morgan fingerprint density at radius 1 is 1.12 bits per heavy atom. The van der Waals surface area contributed by atoms with Crippen LogP contribution in [-0.4, -0.2) is 41.0 Å². The molecule has 2 rings (SSSR count). The number of hydrogen-bond donors (Lipinski definition) is 1. The van der Waals surface area contributed by atoms with Gasteiger partial charge < -0.3 is 4.74 Å². The summed E-state index contributed by atoms with van der Waals surface area (Å²) in [5.74, 6) is 0.346. The van der Waals surface area contributed by atoms with Gasteiger partial charge in [0.05, 0.1) is 25.3 Å². The molecule has 0 bridgehead atoms. The first kappa shape index (κ1) is 18.5. The Bertz CT molecular complexity index is 860. The predicted molar refractivity (Wildman–Crippen MR) is 97.7 cm³/mol. The van der Waals surface area contributed by atoms with Crippen LogP contribution in [0.3, 0.4) is 0 Å². The fraction of sp³-hybridized carbons (Fsp3) is 0.176. The van der Waals surface area contributed by atoms with Crippen molar-refractivity contribution < 1.29 is 17.9 Å². The van der Waals surface area contributed by atoms with Crippen LogP contribution < -0.4 is 14.5 Å². The summed E-state index contributed by atoms with van der Waals surface area (Å²) in [6.45, 7) is 0. The highest BCUT2D eigenvalue weighted by Gasteiger charge is 2.12. The average Bonchev–Trinajstić information content (AvgIpc) is 2.61. The molecule has 0 saturated carbocycles. The van der Waals surface area contributed by atoms with Crippen molar-refractivity contribution in [2.45, 2.75) is 0 Å². The number of anilines is 1. The van der Waals surface area contributed by atoms with Gasteiger partial charge in [0.2, 0.25) is 10.0 Å². The monoisotopic (exact) mass is 361 g/mol. The second kappa shape index (κ2) is 7.80. The van der Waals surface area contributed by atoms with Crippen LogP contribution in [0.25, 0.3) is 0 Å². The van der Waals surface area contributed by atoms with E-state index < -0.39 is 15.9 Å². The zero-order valence-electron chi connectivity index (χ0n) is 14.1. The number of amides is 1. The van der Waals surface area contributed by atoms with E-state index in [1.54, 1.807) is 31.4 Å². The van der Waals surface area contributed by atoms with Gasteiger partial charge in [-0.15, -0.1) is 0 Å². The van der Waals surface area contributed by atoms with E-state index in [-0.39, 0.29) is 0 Å².